The first kappa shape index (κ1) is 13.5. The van der Waals surface area contributed by atoms with Gasteiger partial charge in [0.05, 0.1) is 11.2 Å². The molecule has 4 nitrogen and oxygen atoms in total. The number of hydrogen-bond donors (Lipinski definition) is 1. The van der Waals surface area contributed by atoms with Crippen molar-refractivity contribution in [1.82, 2.24) is 15.2 Å². The molecule has 0 spiro atoms. The molecule has 0 bridgehead atoms. The first-order chi connectivity index (χ1) is 8.59. The van der Waals surface area contributed by atoms with Gasteiger partial charge in [-0.1, -0.05) is 0 Å². The molecule has 5 heteroatoms. The molecule has 1 atom stereocenters. The zero-order valence-corrected chi connectivity index (χ0v) is 12.1. The lowest BCUT2D eigenvalue weighted by Gasteiger charge is -2.29. The molecule has 1 aromatic heterocycles. The van der Waals surface area contributed by atoms with Crippen LogP contribution in [0.2, 0.25) is 0 Å². The number of amides is 1. The minimum Gasteiger partial charge on any atom is -0.334 e. The Kier molecular flexibility index (Phi) is 4.35. The van der Waals surface area contributed by atoms with Crippen molar-refractivity contribution in [2.24, 2.45) is 0 Å². The van der Waals surface area contributed by atoms with Gasteiger partial charge in [-0.15, -0.1) is 11.3 Å². The Bertz CT molecular complexity index is 410. The van der Waals surface area contributed by atoms with Crippen LogP contribution in [0.3, 0.4) is 0 Å². The van der Waals surface area contributed by atoms with Gasteiger partial charge in [-0.25, -0.2) is 4.98 Å². The highest BCUT2D eigenvalue weighted by Gasteiger charge is 2.26. The molecule has 1 fully saturated rings. The number of hydrogen-bond acceptors (Lipinski definition) is 4. The fraction of sp³-hybridized carbons (Fsp3) is 0.692. The van der Waals surface area contributed by atoms with Gasteiger partial charge in [0.2, 0.25) is 0 Å². The first-order valence-corrected chi connectivity index (χ1v) is 7.42. The number of rotatable bonds is 4. The molecule has 1 unspecified atom stereocenters. The monoisotopic (exact) mass is 267 g/mol. The van der Waals surface area contributed by atoms with Crippen molar-refractivity contribution >= 4 is 17.2 Å². The predicted molar refractivity (Wildman–Crippen MR) is 74.0 cm³/mol. The quantitative estimate of drug-likeness (QED) is 0.908. The molecule has 0 aromatic carbocycles. The molecule has 0 saturated carbocycles. The number of carbonyl (C=O) groups excluding carboxylic acids is 1. The van der Waals surface area contributed by atoms with E-state index in [1.807, 2.05) is 11.8 Å². The molecule has 0 aliphatic carbocycles. The van der Waals surface area contributed by atoms with Gasteiger partial charge < -0.3 is 10.2 Å². The number of aromatic nitrogens is 1. The Hall–Kier alpha value is -0.940. The highest BCUT2D eigenvalue weighted by Crippen LogP contribution is 2.18. The second-order valence-electron chi connectivity index (χ2n) is 5.11. The highest BCUT2D eigenvalue weighted by atomic mass is 32.1. The molecule has 18 heavy (non-hydrogen) atoms. The van der Waals surface area contributed by atoms with E-state index in [1.54, 1.807) is 5.51 Å². The van der Waals surface area contributed by atoms with E-state index in [2.05, 4.69) is 24.1 Å². The minimum absolute atomic E-state index is 0.124. The van der Waals surface area contributed by atoms with E-state index >= 15 is 0 Å². The maximum Gasteiger partial charge on any atom is 0.266 e. The Morgan fingerprint density at radius 2 is 2.44 bits per heavy atom. The van der Waals surface area contributed by atoms with E-state index in [4.69, 9.17) is 0 Å². The lowest BCUT2D eigenvalue weighted by Crippen LogP contribution is -2.44. The summed E-state index contributed by atoms with van der Waals surface area (Å²) in [5.74, 6) is 0.124. The van der Waals surface area contributed by atoms with Crippen LogP contribution in [0, 0.1) is 6.92 Å². The third-order valence-corrected chi connectivity index (χ3v) is 4.32. The summed E-state index contributed by atoms with van der Waals surface area (Å²) in [5, 5.41) is 3.45. The second kappa shape index (κ2) is 5.80. The van der Waals surface area contributed by atoms with Crippen molar-refractivity contribution in [3.8, 4) is 0 Å². The number of aryl methyl sites for hydroxylation is 1. The molecular formula is C13H21N3OS. The second-order valence-corrected chi connectivity index (χ2v) is 5.97. The maximum atomic E-state index is 12.5. The van der Waals surface area contributed by atoms with Crippen molar-refractivity contribution in [1.29, 1.82) is 0 Å². The van der Waals surface area contributed by atoms with Crippen LogP contribution in [-0.4, -0.2) is 41.0 Å². The van der Waals surface area contributed by atoms with Crippen LogP contribution in [0.15, 0.2) is 5.51 Å². The van der Waals surface area contributed by atoms with Crippen LogP contribution in [0.1, 0.15) is 42.1 Å². The van der Waals surface area contributed by atoms with Gasteiger partial charge in [0.25, 0.3) is 5.91 Å². The standard InChI is InChI=1S/C13H21N3OS/c1-9(2)16(7-11-5-4-6-14-11)13(17)12-10(3)15-8-18-12/h8-9,11,14H,4-7H2,1-3H3. The van der Waals surface area contributed by atoms with E-state index < -0.39 is 0 Å². The molecule has 1 aromatic rings. The third kappa shape index (κ3) is 2.90. The summed E-state index contributed by atoms with van der Waals surface area (Å²) in [6, 6.07) is 0.672. The number of thiazole rings is 1. The van der Waals surface area contributed by atoms with Gasteiger partial charge in [-0.3, -0.25) is 4.79 Å². The summed E-state index contributed by atoms with van der Waals surface area (Å²) in [6.45, 7) is 7.92. The van der Waals surface area contributed by atoms with Crippen molar-refractivity contribution in [3.05, 3.63) is 16.1 Å². The molecule has 0 radical (unpaired) electrons. The smallest absolute Gasteiger partial charge is 0.266 e. The van der Waals surface area contributed by atoms with Crippen LogP contribution in [0.4, 0.5) is 0 Å². The number of carbonyl (C=O) groups is 1. The molecular weight excluding hydrogens is 246 g/mol. The zero-order chi connectivity index (χ0) is 13.1. The predicted octanol–water partition coefficient (Wildman–Crippen LogP) is 2.05. The summed E-state index contributed by atoms with van der Waals surface area (Å²) in [7, 11) is 0. The fourth-order valence-corrected chi connectivity index (χ4v) is 3.07. The molecule has 1 saturated heterocycles. The molecule has 100 valence electrons. The van der Waals surface area contributed by atoms with Gasteiger partial charge >= 0.3 is 0 Å². The Balaban J connectivity index is 2.09. The van der Waals surface area contributed by atoms with Gasteiger partial charge in [0, 0.05) is 18.6 Å². The molecule has 2 rings (SSSR count). The summed E-state index contributed by atoms with van der Waals surface area (Å²) in [4.78, 5) is 19.4. The van der Waals surface area contributed by atoms with E-state index in [1.165, 1.54) is 17.8 Å². The fourth-order valence-electron chi connectivity index (χ4n) is 2.32. The van der Waals surface area contributed by atoms with E-state index in [-0.39, 0.29) is 11.9 Å². The van der Waals surface area contributed by atoms with Gasteiger partial charge in [-0.05, 0) is 40.2 Å². The van der Waals surface area contributed by atoms with Crippen LogP contribution in [0.25, 0.3) is 0 Å². The maximum absolute atomic E-state index is 12.5. The van der Waals surface area contributed by atoms with Crippen LogP contribution >= 0.6 is 11.3 Å². The average Bonchev–Trinajstić information content (AvgIpc) is 2.95. The summed E-state index contributed by atoms with van der Waals surface area (Å²) in [5.41, 5.74) is 2.59. The first-order valence-electron chi connectivity index (χ1n) is 6.54. The van der Waals surface area contributed by atoms with E-state index in [0.717, 1.165) is 30.1 Å². The molecule has 1 N–H and O–H groups in total. The molecule has 1 amide bonds. The summed E-state index contributed by atoms with van der Waals surface area (Å²) < 4.78 is 0. The number of nitrogens with zero attached hydrogens (tertiary/aromatic N) is 2. The van der Waals surface area contributed by atoms with Gasteiger partial charge in [-0.2, -0.15) is 0 Å². The molecule has 1 aliphatic rings. The molecule has 2 heterocycles. The van der Waals surface area contributed by atoms with Crippen molar-refractivity contribution in [2.45, 2.75) is 45.7 Å². The number of nitrogens with one attached hydrogen (secondary N) is 1. The van der Waals surface area contributed by atoms with Crippen LogP contribution < -0.4 is 5.32 Å². The Morgan fingerprint density at radius 1 is 1.67 bits per heavy atom. The largest absolute Gasteiger partial charge is 0.334 e. The highest BCUT2D eigenvalue weighted by molar-refractivity contribution is 7.11. The summed E-state index contributed by atoms with van der Waals surface area (Å²) >= 11 is 1.44. The summed E-state index contributed by atoms with van der Waals surface area (Å²) in [6.07, 6.45) is 2.38. The van der Waals surface area contributed by atoms with Crippen LogP contribution in [-0.2, 0) is 0 Å². The Labute approximate surface area is 112 Å². The lowest BCUT2D eigenvalue weighted by atomic mass is 10.2. The molecule has 1 aliphatic heterocycles. The SMILES string of the molecule is Cc1ncsc1C(=O)N(CC1CCCN1)C(C)C. The van der Waals surface area contributed by atoms with Gasteiger partial charge in [0.15, 0.2) is 0 Å². The minimum atomic E-state index is 0.124. The van der Waals surface area contributed by atoms with E-state index in [0.29, 0.717) is 6.04 Å². The van der Waals surface area contributed by atoms with Crippen molar-refractivity contribution in [2.75, 3.05) is 13.1 Å². The lowest BCUT2D eigenvalue weighted by molar-refractivity contribution is 0.0693. The normalized spacial score (nSPS) is 19.4. The third-order valence-electron chi connectivity index (χ3n) is 3.40. The zero-order valence-electron chi connectivity index (χ0n) is 11.3. The van der Waals surface area contributed by atoms with Crippen molar-refractivity contribution < 1.29 is 4.79 Å². The average molecular weight is 267 g/mol. The van der Waals surface area contributed by atoms with Crippen molar-refractivity contribution in [3.63, 3.8) is 0 Å². The van der Waals surface area contributed by atoms with E-state index in [9.17, 15) is 4.79 Å². The van der Waals surface area contributed by atoms with Gasteiger partial charge in [0.1, 0.15) is 4.88 Å². The Morgan fingerprint density at radius 3 is 2.94 bits per heavy atom. The van der Waals surface area contributed by atoms with Crippen LogP contribution in [0.5, 0.6) is 0 Å². The topological polar surface area (TPSA) is 45.2 Å².